The molecule has 0 aromatic carbocycles. The maximum Gasteiger partial charge on any atom is 0.225 e. The van der Waals surface area contributed by atoms with Crippen molar-refractivity contribution in [2.24, 2.45) is 10.4 Å². The van der Waals surface area contributed by atoms with E-state index in [-0.39, 0.29) is 11.3 Å². The largest absolute Gasteiger partial charge is 0.355 e. The van der Waals surface area contributed by atoms with Crippen molar-refractivity contribution in [3.05, 3.63) is 16.1 Å². The van der Waals surface area contributed by atoms with E-state index in [1.54, 1.807) is 18.4 Å². The molecule has 7 heteroatoms. The van der Waals surface area contributed by atoms with Crippen molar-refractivity contribution >= 4 is 23.2 Å². The van der Waals surface area contributed by atoms with Gasteiger partial charge in [0.1, 0.15) is 5.01 Å². The van der Waals surface area contributed by atoms with E-state index in [1.165, 1.54) is 4.88 Å². The number of aryl methyl sites for hydroxylation is 1. The minimum Gasteiger partial charge on any atom is -0.355 e. The summed E-state index contributed by atoms with van der Waals surface area (Å²) in [5.41, 5.74) is -0.359. The fourth-order valence-corrected chi connectivity index (χ4v) is 2.40. The van der Waals surface area contributed by atoms with E-state index in [4.69, 9.17) is 0 Å². The van der Waals surface area contributed by atoms with Crippen molar-refractivity contribution in [2.45, 2.75) is 40.7 Å². The molecule has 0 saturated carbocycles. The highest BCUT2D eigenvalue weighted by Gasteiger charge is 2.20. The smallest absolute Gasteiger partial charge is 0.225 e. The van der Waals surface area contributed by atoms with Crippen LogP contribution in [0.3, 0.4) is 0 Å². The third-order valence-electron chi connectivity index (χ3n) is 2.96. The number of hydrogen-bond donors (Lipinski definition) is 3. The average Bonchev–Trinajstić information content (AvgIpc) is 2.93. The normalized spacial score (nSPS) is 12.1. The van der Waals surface area contributed by atoms with Gasteiger partial charge in [-0.15, -0.1) is 11.3 Å². The Morgan fingerprint density at radius 3 is 2.50 bits per heavy atom. The highest BCUT2D eigenvalue weighted by atomic mass is 32.1. The van der Waals surface area contributed by atoms with Gasteiger partial charge in [0.2, 0.25) is 5.91 Å². The summed E-state index contributed by atoms with van der Waals surface area (Å²) in [6, 6.07) is 0. The number of amides is 1. The van der Waals surface area contributed by atoms with Crippen LogP contribution in [-0.2, 0) is 17.8 Å². The predicted octanol–water partition coefficient (Wildman–Crippen LogP) is 1.53. The topological polar surface area (TPSA) is 78.4 Å². The van der Waals surface area contributed by atoms with E-state index in [0.29, 0.717) is 25.6 Å². The van der Waals surface area contributed by atoms with Crippen LogP contribution in [0.15, 0.2) is 11.2 Å². The number of nitrogens with zero attached hydrogens (tertiary/aromatic N) is 2. The summed E-state index contributed by atoms with van der Waals surface area (Å²) < 4.78 is 0. The van der Waals surface area contributed by atoms with Gasteiger partial charge in [0.05, 0.1) is 6.54 Å². The summed E-state index contributed by atoms with van der Waals surface area (Å²) in [5, 5.41) is 10.3. The Morgan fingerprint density at radius 1 is 1.27 bits per heavy atom. The minimum atomic E-state index is -0.359. The second-order valence-corrected chi connectivity index (χ2v) is 7.13. The summed E-state index contributed by atoms with van der Waals surface area (Å²) >= 11 is 1.71. The van der Waals surface area contributed by atoms with Gasteiger partial charge >= 0.3 is 0 Å². The van der Waals surface area contributed by atoms with Crippen molar-refractivity contribution in [3.63, 3.8) is 0 Å². The minimum absolute atomic E-state index is 0.0483. The van der Waals surface area contributed by atoms with E-state index in [1.807, 2.05) is 27.0 Å². The van der Waals surface area contributed by atoms with Crippen LogP contribution >= 0.6 is 11.3 Å². The molecule has 1 heterocycles. The van der Waals surface area contributed by atoms with E-state index in [9.17, 15) is 4.79 Å². The first kappa shape index (κ1) is 18.4. The Bertz CT molecular complexity index is 504. The highest BCUT2D eigenvalue weighted by Crippen LogP contribution is 2.13. The molecule has 22 heavy (non-hydrogen) atoms. The van der Waals surface area contributed by atoms with Gasteiger partial charge in [0.15, 0.2) is 5.96 Å². The van der Waals surface area contributed by atoms with E-state index in [0.717, 1.165) is 11.4 Å². The Kier molecular flexibility index (Phi) is 7.31. The van der Waals surface area contributed by atoms with Gasteiger partial charge in [0, 0.05) is 36.6 Å². The molecule has 124 valence electrons. The Morgan fingerprint density at radius 2 is 1.95 bits per heavy atom. The standard InChI is InChI=1S/C15H27N5OS/c1-6-11-9-19-12(22-11)10-20-14(16-5)18-8-7-17-13(21)15(2,3)4/h9H,6-8,10H2,1-5H3,(H,17,21)(H2,16,18,20). The molecule has 3 N–H and O–H groups in total. The van der Waals surface area contributed by atoms with Crippen LogP contribution in [-0.4, -0.2) is 37.0 Å². The summed E-state index contributed by atoms with van der Waals surface area (Å²) in [5.74, 6) is 0.755. The van der Waals surface area contributed by atoms with Gasteiger partial charge in [-0.3, -0.25) is 9.79 Å². The number of nitrogens with one attached hydrogen (secondary N) is 3. The molecule has 0 bridgehead atoms. The van der Waals surface area contributed by atoms with Crippen molar-refractivity contribution in [3.8, 4) is 0 Å². The molecular weight excluding hydrogens is 298 g/mol. The van der Waals surface area contributed by atoms with Crippen LogP contribution in [0.5, 0.6) is 0 Å². The van der Waals surface area contributed by atoms with E-state index >= 15 is 0 Å². The molecule has 1 aromatic rings. The molecule has 0 fully saturated rings. The Labute approximate surface area is 136 Å². The van der Waals surface area contributed by atoms with Gasteiger partial charge in [-0.05, 0) is 6.42 Å². The molecule has 0 radical (unpaired) electrons. The lowest BCUT2D eigenvalue weighted by molar-refractivity contribution is -0.128. The maximum absolute atomic E-state index is 11.7. The van der Waals surface area contributed by atoms with Gasteiger partial charge in [-0.2, -0.15) is 0 Å². The lowest BCUT2D eigenvalue weighted by atomic mass is 9.96. The van der Waals surface area contributed by atoms with Gasteiger partial charge in [-0.1, -0.05) is 27.7 Å². The van der Waals surface area contributed by atoms with E-state index < -0.39 is 0 Å². The highest BCUT2D eigenvalue weighted by molar-refractivity contribution is 7.11. The first-order chi connectivity index (χ1) is 10.4. The monoisotopic (exact) mass is 325 g/mol. The molecule has 0 saturated heterocycles. The number of rotatable bonds is 6. The van der Waals surface area contributed by atoms with Gasteiger partial charge < -0.3 is 16.0 Å². The SMILES string of the molecule is CCc1cnc(CNC(=NC)NCCNC(=O)C(C)(C)C)s1. The molecule has 0 aliphatic carbocycles. The maximum atomic E-state index is 11.7. The number of guanidine groups is 1. The van der Waals surface area contributed by atoms with Crippen LogP contribution in [0.2, 0.25) is 0 Å². The molecule has 0 spiro atoms. The van der Waals surface area contributed by atoms with Crippen LogP contribution < -0.4 is 16.0 Å². The van der Waals surface area contributed by atoms with E-state index in [2.05, 4.69) is 32.9 Å². The zero-order chi connectivity index (χ0) is 16.6. The average molecular weight is 325 g/mol. The lowest BCUT2D eigenvalue weighted by Crippen LogP contribution is -2.43. The number of aromatic nitrogens is 1. The van der Waals surface area contributed by atoms with Crippen molar-refractivity contribution in [1.82, 2.24) is 20.9 Å². The summed E-state index contributed by atoms with van der Waals surface area (Å²) in [6.45, 7) is 9.65. The molecule has 0 unspecified atom stereocenters. The quantitative estimate of drug-likeness (QED) is 0.421. The molecule has 1 rings (SSSR count). The summed E-state index contributed by atoms with van der Waals surface area (Å²) in [6.07, 6.45) is 2.93. The first-order valence-corrected chi connectivity index (χ1v) is 8.35. The number of hydrogen-bond acceptors (Lipinski definition) is 4. The third kappa shape index (κ3) is 6.43. The zero-order valence-electron chi connectivity index (χ0n) is 14.1. The first-order valence-electron chi connectivity index (χ1n) is 7.53. The second kappa shape index (κ2) is 8.73. The van der Waals surface area contributed by atoms with Crippen LogP contribution in [0.25, 0.3) is 0 Å². The van der Waals surface area contributed by atoms with Crippen molar-refractivity contribution in [1.29, 1.82) is 0 Å². The Hall–Kier alpha value is -1.63. The summed E-state index contributed by atoms with van der Waals surface area (Å²) in [4.78, 5) is 21.5. The molecule has 6 nitrogen and oxygen atoms in total. The summed E-state index contributed by atoms with van der Waals surface area (Å²) in [7, 11) is 1.72. The molecule has 0 aliphatic rings. The third-order valence-corrected chi connectivity index (χ3v) is 4.11. The predicted molar refractivity (Wildman–Crippen MR) is 92.2 cm³/mol. The van der Waals surface area contributed by atoms with Crippen LogP contribution in [0.4, 0.5) is 0 Å². The van der Waals surface area contributed by atoms with Crippen molar-refractivity contribution in [2.75, 3.05) is 20.1 Å². The molecule has 1 amide bonds. The van der Waals surface area contributed by atoms with Crippen LogP contribution in [0.1, 0.15) is 37.6 Å². The van der Waals surface area contributed by atoms with Gasteiger partial charge in [0.25, 0.3) is 0 Å². The van der Waals surface area contributed by atoms with Gasteiger partial charge in [-0.25, -0.2) is 4.98 Å². The second-order valence-electron chi connectivity index (χ2n) is 5.93. The fraction of sp³-hybridized carbons (Fsp3) is 0.667. The number of thiazole rings is 1. The van der Waals surface area contributed by atoms with Crippen LogP contribution in [0, 0.1) is 5.41 Å². The fourth-order valence-electron chi connectivity index (χ4n) is 1.60. The van der Waals surface area contributed by atoms with Crippen molar-refractivity contribution < 1.29 is 4.79 Å². The number of carbonyl (C=O) groups is 1. The zero-order valence-corrected chi connectivity index (χ0v) is 14.9. The number of aliphatic imine (C=N–C) groups is 1. The molecule has 0 aliphatic heterocycles. The Balaban J connectivity index is 2.27. The lowest BCUT2D eigenvalue weighted by Gasteiger charge is -2.18. The molecule has 0 atom stereocenters. The molecular formula is C15H27N5OS. The molecule has 1 aromatic heterocycles. The number of carbonyl (C=O) groups excluding carboxylic acids is 1.